The topological polar surface area (TPSA) is 49.8 Å². The van der Waals surface area contributed by atoms with Crippen LogP contribution in [0.5, 0.6) is 5.75 Å². The van der Waals surface area contributed by atoms with Gasteiger partial charge in [0.1, 0.15) is 5.75 Å². The third kappa shape index (κ3) is 2.63. The minimum absolute atomic E-state index is 0.324. The van der Waals surface area contributed by atoms with Gasteiger partial charge in [0.2, 0.25) is 0 Å². The highest BCUT2D eigenvalue weighted by Gasteiger charge is 2.54. The summed E-state index contributed by atoms with van der Waals surface area (Å²) < 4.78 is 5.33. The number of aliphatic carboxylic acids is 1. The summed E-state index contributed by atoms with van der Waals surface area (Å²) in [5, 5.41) is 9.60. The first-order valence-electron chi connectivity index (χ1n) is 7.91. The number of benzene rings is 1. The van der Waals surface area contributed by atoms with Crippen molar-refractivity contribution >= 4 is 12.0 Å². The Morgan fingerprint density at radius 2 is 2.32 bits per heavy atom. The number of hydrogen-bond acceptors (Lipinski definition) is 3. The fourth-order valence-corrected chi connectivity index (χ4v) is 4.01. The van der Waals surface area contributed by atoms with E-state index in [1.54, 1.807) is 7.11 Å². The molecule has 1 aliphatic heterocycles. The lowest BCUT2D eigenvalue weighted by Gasteiger charge is -2.23. The molecule has 0 bridgehead atoms. The van der Waals surface area contributed by atoms with E-state index in [2.05, 4.69) is 17.1 Å². The molecule has 4 nitrogen and oxygen atoms in total. The van der Waals surface area contributed by atoms with Crippen LogP contribution in [0.25, 0.3) is 6.08 Å². The number of rotatable bonds is 5. The SMILES string of the molecule is COc1ccccc1/C=C/CN1C[C@@H]2CCC[C@@]2(C(=O)O)C1. The molecule has 118 valence electrons. The van der Waals surface area contributed by atoms with Gasteiger partial charge in [0, 0.05) is 25.2 Å². The Morgan fingerprint density at radius 1 is 1.50 bits per heavy atom. The molecule has 0 spiro atoms. The van der Waals surface area contributed by atoms with Gasteiger partial charge in [-0.1, -0.05) is 36.8 Å². The molecular formula is C18H23NO3. The van der Waals surface area contributed by atoms with Crippen LogP contribution in [-0.4, -0.2) is 42.7 Å². The van der Waals surface area contributed by atoms with Crippen molar-refractivity contribution in [3.8, 4) is 5.75 Å². The van der Waals surface area contributed by atoms with E-state index in [-0.39, 0.29) is 0 Å². The molecule has 1 saturated heterocycles. The number of likely N-dealkylation sites (tertiary alicyclic amines) is 1. The highest BCUT2D eigenvalue weighted by atomic mass is 16.5. The van der Waals surface area contributed by atoms with Gasteiger partial charge in [0.25, 0.3) is 0 Å². The quantitative estimate of drug-likeness (QED) is 0.908. The lowest BCUT2D eigenvalue weighted by Crippen LogP contribution is -2.35. The number of carbonyl (C=O) groups is 1. The highest BCUT2D eigenvalue weighted by molar-refractivity contribution is 5.76. The standard InChI is InChI=1S/C18H23NO3/c1-22-16-9-3-2-6-14(16)7-5-11-19-12-15-8-4-10-18(15,13-19)17(20)21/h2-3,5-7,9,15H,4,8,10-13H2,1H3,(H,20,21)/b7-5+/t15-,18+/m0/s1. The van der Waals surface area contributed by atoms with Crippen molar-refractivity contribution in [2.45, 2.75) is 19.3 Å². The predicted octanol–water partition coefficient (Wildman–Crippen LogP) is 2.90. The Labute approximate surface area is 131 Å². The number of carboxylic acid groups (broad SMARTS) is 1. The van der Waals surface area contributed by atoms with Crippen LogP contribution < -0.4 is 4.74 Å². The fraction of sp³-hybridized carbons (Fsp3) is 0.500. The van der Waals surface area contributed by atoms with Gasteiger partial charge in [0.05, 0.1) is 12.5 Å². The van der Waals surface area contributed by atoms with Crippen LogP contribution in [0.4, 0.5) is 0 Å². The monoisotopic (exact) mass is 301 g/mol. The van der Waals surface area contributed by atoms with Gasteiger partial charge < -0.3 is 9.84 Å². The van der Waals surface area contributed by atoms with E-state index < -0.39 is 11.4 Å². The zero-order valence-corrected chi connectivity index (χ0v) is 13.0. The fourth-order valence-electron chi connectivity index (χ4n) is 4.01. The van der Waals surface area contributed by atoms with Crippen molar-refractivity contribution in [2.75, 3.05) is 26.7 Å². The summed E-state index contributed by atoms with van der Waals surface area (Å²) in [4.78, 5) is 13.9. The van der Waals surface area contributed by atoms with Gasteiger partial charge >= 0.3 is 5.97 Å². The zero-order valence-electron chi connectivity index (χ0n) is 13.0. The first-order valence-corrected chi connectivity index (χ1v) is 7.91. The number of methoxy groups -OCH3 is 1. The van der Waals surface area contributed by atoms with Gasteiger partial charge in [-0.25, -0.2) is 0 Å². The maximum Gasteiger partial charge on any atom is 0.311 e. The van der Waals surface area contributed by atoms with Crippen molar-refractivity contribution in [1.82, 2.24) is 4.90 Å². The van der Waals surface area contributed by atoms with E-state index in [4.69, 9.17) is 4.74 Å². The van der Waals surface area contributed by atoms with E-state index >= 15 is 0 Å². The second-order valence-electron chi connectivity index (χ2n) is 6.39. The average Bonchev–Trinajstić information content (AvgIpc) is 3.05. The molecule has 0 radical (unpaired) electrons. The molecule has 0 aromatic heterocycles. The van der Waals surface area contributed by atoms with E-state index in [0.29, 0.717) is 12.5 Å². The van der Waals surface area contributed by atoms with Crippen molar-refractivity contribution in [3.05, 3.63) is 35.9 Å². The average molecular weight is 301 g/mol. The van der Waals surface area contributed by atoms with E-state index in [9.17, 15) is 9.90 Å². The molecule has 22 heavy (non-hydrogen) atoms. The van der Waals surface area contributed by atoms with Crippen LogP contribution in [0.3, 0.4) is 0 Å². The molecule has 1 N–H and O–H groups in total. The maximum absolute atomic E-state index is 11.7. The van der Waals surface area contributed by atoms with E-state index in [1.807, 2.05) is 24.3 Å². The number of para-hydroxylation sites is 1. The minimum atomic E-state index is -0.605. The molecule has 0 amide bonds. The first kappa shape index (κ1) is 15.1. The lowest BCUT2D eigenvalue weighted by molar-refractivity contribution is -0.149. The molecule has 0 unspecified atom stereocenters. The molecule has 3 rings (SSSR count). The Hall–Kier alpha value is -1.81. The Balaban J connectivity index is 1.64. The van der Waals surface area contributed by atoms with E-state index in [0.717, 1.165) is 43.7 Å². The summed E-state index contributed by atoms with van der Waals surface area (Å²) in [6.45, 7) is 2.38. The summed E-state index contributed by atoms with van der Waals surface area (Å²) in [5.74, 6) is 0.579. The number of hydrogen-bond donors (Lipinski definition) is 1. The molecule has 2 atom stereocenters. The van der Waals surface area contributed by atoms with Crippen LogP contribution in [0, 0.1) is 11.3 Å². The summed E-state index contributed by atoms with van der Waals surface area (Å²) >= 11 is 0. The summed E-state index contributed by atoms with van der Waals surface area (Å²) in [7, 11) is 1.67. The maximum atomic E-state index is 11.7. The molecule has 1 aromatic carbocycles. The molecule has 1 aliphatic carbocycles. The van der Waals surface area contributed by atoms with Crippen LogP contribution in [0.2, 0.25) is 0 Å². The van der Waals surface area contributed by atoms with Crippen LogP contribution in [0.1, 0.15) is 24.8 Å². The Bertz CT molecular complexity index is 583. The molecule has 2 fully saturated rings. The molecule has 4 heteroatoms. The van der Waals surface area contributed by atoms with Crippen LogP contribution in [0.15, 0.2) is 30.3 Å². The second-order valence-corrected chi connectivity index (χ2v) is 6.39. The summed E-state index contributed by atoms with van der Waals surface area (Å²) in [5.41, 5.74) is 0.565. The van der Waals surface area contributed by atoms with E-state index in [1.165, 1.54) is 0 Å². The lowest BCUT2D eigenvalue weighted by atomic mass is 9.81. The minimum Gasteiger partial charge on any atom is -0.496 e. The summed E-state index contributed by atoms with van der Waals surface area (Å²) in [6.07, 6.45) is 7.11. The van der Waals surface area contributed by atoms with Gasteiger partial charge in [-0.15, -0.1) is 0 Å². The number of nitrogens with zero attached hydrogens (tertiary/aromatic N) is 1. The summed E-state index contributed by atoms with van der Waals surface area (Å²) in [6, 6.07) is 7.91. The van der Waals surface area contributed by atoms with Gasteiger partial charge in [0.15, 0.2) is 0 Å². The van der Waals surface area contributed by atoms with Crippen molar-refractivity contribution in [2.24, 2.45) is 11.3 Å². The normalized spacial score (nSPS) is 28.1. The number of carboxylic acids is 1. The van der Waals surface area contributed by atoms with Crippen molar-refractivity contribution < 1.29 is 14.6 Å². The van der Waals surface area contributed by atoms with Gasteiger partial charge in [-0.05, 0) is 24.8 Å². The molecule has 2 aliphatic rings. The van der Waals surface area contributed by atoms with Crippen LogP contribution >= 0.6 is 0 Å². The smallest absolute Gasteiger partial charge is 0.311 e. The van der Waals surface area contributed by atoms with Gasteiger partial charge in [-0.2, -0.15) is 0 Å². The predicted molar refractivity (Wildman–Crippen MR) is 85.9 cm³/mol. The molecule has 1 saturated carbocycles. The third-order valence-electron chi connectivity index (χ3n) is 5.17. The molecular weight excluding hydrogens is 278 g/mol. The zero-order chi connectivity index (χ0) is 15.6. The largest absolute Gasteiger partial charge is 0.496 e. The van der Waals surface area contributed by atoms with Crippen LogP contribution in [-0.2, 0) is 4.79 Å². The highest BCUT2D eigenvalue weighted by Crippen LogP contribution is 2.48. The first-order chi connectivity index (χ1) is 10.7. The molecule has 1 heterocycles. The van der Waals surface area contributed by atoms with Crippen molar-refractivity contribution in [1.29, 1.82) is 0 Å². The third-order valence-corrected chi connectivity index (χ3v) is 5.17. The second kappa shape index (κ2) is 6.13. The van der Waals surface area contributed by atoms with Gasteiger partial charge in [-0.3, -0.25) is 9.69 Å². The Morgan fingerprint density at radius 3 is 3.05 bits per heavy atom. The Kier molecular flexibility index (Phi) is 4.21. The number of ether oxygens (including phenoxy) is 1. The molecule has 1 aromatic rings. The number of fused-ring (bicyclic) bond motifs is 1. The van der Waals surface area contributed by atoms with Crippen molar-refractivity contribution in [3.63, 3.8) is 0 Å².